The molecule has 4 rings (SSSR count). The topological polar surface area (TPSA) is 85.7 Å². The fourth-order valence-electron chi connectivity index (χ4n) is 3.61. The Kier molecular flexibility index (Phi) is 5.24. The molecule has 0 saturated heterocycles. The third kappa shape index (κ3) is 4.10. The summed E-state index contributed by atoms with van der Waals surface area (Å²) in [6.45, 7) is 6.15. The average Bonchev–Trinajstić information content (AvgIpc) is 2.74. The van der Waals surface area contributed by atoms with Crippen LogP contribution in [0.4, 0.5) is 0 Å². The van der Waals surface area contributed by atoms with Crippen molar-refractivity contribution in [1.82, 2.24) is 19.9 Å². The molecule has 1 aromatic carbocycles. The average molecular weight is 385 g/mol. The minimum Gasteiger partial charge on any atom is -0.310 e. The van der Waals surface area contributed by atoms with Crippen LogP contribution in [0.2, 0.25) is 0 Å². The second-order valence-corrected chi connectivity index (χ2v) is 7.70. The van der Waals surface area contributed by atoms with Crippen LogP contribution in [0.15, 0.2) is 47.3 Å². The normalized spacial score (nSPS) is 13.9. The summed E-state index contributed by atoms with van der Waals surface area (Å²) in [6, 6.07) is 15.6. The van der Waals surface area contributed by atoms with Gasteiger partial charge in [0, 0.05) is 37.5 Å². The van der Waals surface area contributed by atoms with E-state index in [1.54, 1.807) is 6.07 Å². The number of fused-ring (bicyclic) bond motifs is 1. The SMILES string of the molecule is CC(C)c1nc2c(c(=O)[nH]1)CN(Cc1cccc(-c3cccc(C#N)c3)n1)CC2. The number of hydrogen-bond donors (Lipinski definition) is 1. The van der Waals surface area contributed by atoms with Crippen molar-refractivity contribution >= 4 is 0 Å². The highest BCUT2D eigenvalue weighted by Gasteiger charge is 2.22. The standard InChI is InChI=1S/C23H23N5O/c1-15(2)22-26-21-9-10-28(14-19(21)23(29)27-22)13-18-7-4-8-20(25-18)17-6-3-5-16(11-17)12-24/h3-8,11,15H,9-10,13-14H2,1-2H3,(H,26,27,29). The molecule has 0 bridgehead atoms. The zero-order valence-corrected chi connectivity index (χ0v) is 16.6. The van der Waals surface area contributed by atoms with E-state index >= 15 is 0 Å². The number of aromatic nitrogens is 3. The highest BCUT2D eigenvalue weighted by atomic mass is 16.1. The summed E-state index contributed by atoms with van der Waals surface area (Å²) in [7, 11) is 0. The minimum absolute atomic E-state index is 0.0292. The number of aromatic amines is 1. The van der Waals surface area contributed by atoms with E-state index in [0.29, 0.717) is 18.7 Å². The van der Waals surface area contributed by atoms with E-state index in [-0.39, 0.29) is 11.5 Å². The Morgan fingerprint density at radius 1 is 1.21 bits per heavy atom. The molecular formula is C23H23N5O. The van der Waals surface area contributed by atoms with Crippen molar-refractivity contribution in [2.45, 2.75) is 39.3 Å². The van der Waals surface area contributed by atoms with Gasteiger partial charge in [-0.1, -0.05) is 32.0 Å². The number of benzene rings is 1. The van der Waals surface area contributed by atoms with Crippen molar-refractivity contribution in [2.75, 3.05) is 6.54 Å². The first-order chi connectivity index (χ1) is 14.0. The van der Waals surface area contributed by atoms with Gasteiger partial charge in [0.2, 0.25) is 0 Å². The molecule has 1 aliphatic heterocycles. The monoisotopic (exact) mass is 385 g/mol. The van der Waals surface area contributed by atoms with Crippen molar-refractivity contribution < 1.29 is 0 Å². The Hall–Kier alpha value is -3.30. The van der Waals surface area contributed by atoms with Crippen LogP contribution in [0.25, 0.3) is 11.3 Å². The minimum atomic E-state index is -0.0292. The van der Waals surface area contributed by atoms with Gasteiger partial charge in [-0.15, -0.1) is 0 Å². The molecule has 0 spiro atoms. The molecule has 0 amide bonds. The van der Waals surface area contributed by atoms with Gasteiger partial charge in [0.25, 0.3) is 5.56 Å². The molecule has 2 aromatic heterocycles. The molecule has 29 heavy (non-hydrogen) atoms. The fraction of sp³-hybridized carbons (Fsp3) is 0.304. The number of pyridine rings is 1. The molecular weight excluding hydrogens is 362 g/mol. The number of nitrogens with one attached hydrogen (secondary N) is 1. The van der Waals surface area contributed by atoms with Gasteiger partial charge in [-0.05, 0) is 24.3 Å². The lowest BCUT2D eigenvalue weighted by Crippen LogP contribution is -2.36. The molecule has 6 nitrogen and oxygen atoms in total. The molecule has 0 atom stereocenters. The Morgan fingerprint density at radius 2 is 2.03 bits per heavy atom. The summed E-state index contributed by atoms with van der Waals surface area (Å²) in [6.07, 6.45) is 0.767. The van der Waals surface area contributed by atoms with Gasteiger partial charge in [-0.25, -0.2) is 4.98 Å². The molecule has 1 N–H and O–H groups in total. The Bertz CT molecular complexity index is 1140. The smallest absolute Gasteiger partial charge is 0.255 e. The van der Waals surface area contributed by atoms with Gasteiger partial charge in [0.1, 0.15) is 5.82 Å². The number of nitrogens with zero attached hydrogens (tertiary/aromatic N) is 4. The van der Waals surface area contributed by atoms with E-state index < -0.39 is 0 Å². The highest BCUT2D eigenvalue weighted by Crippen LogP contribution is 2.21. The maximum atomic E-state index is 12.5. The Morgan fingerprint density at radius 3 is 2.83 bits per heavy atom. The third-order valence-electron chi connectivity index (χ3n) is 5.19. The van der Waals surface area contributed by atoms with E-state index in [2.05, 4.69) is 20.9 Å². The lowest BCUT2D eigenvalue weighted by atomic mass is 10.1. The quantitative estimate of drug-likeness (QED) is 0.744. The summed E-state index contributed by atoms with van der Waals surface area (Å²) in [4.78, 5) is 27.1. The maximum Gasteiger partial charge on any atom is 0.255 e. The second-order valence-electron chi connectivity index (χ2n) is 7.70. The fourth-order valence-corrected chi connectivity index (χ4v) is 3.61. The van der Waals surface area contributed by atoms with Crippen LogP contribution >= 0.6 is 0 Å². The maximum absolute atomic E-state index is 12.5. The summed E-state index contributed by atoms with van der Waals surface area (Å²) < 4.78 is 0. The van der Waals surface area contributed by atoms with Gasteiger partial charge in [0.15, 0.2) is 0 Å². The van der Waals surface area contributed by atoms with Crippen LogP contribution in [0.1, 0.15) is 48.1 Å². The third-order valence-corrected chi connectivity index (χ3v) is 5.19. The summed E-state index contributed by atoms with van der Waals surface area (Å²) >= 11 is 0. The molecule has 6 heteroatoms. The molecule has 3 aromatic rings. The van der Waals surface area contributed by atoms with Crippen LogP contribution in [0.3, 0.4) is 0 Å². The summed E-state index contributed by atoms with van der Waals surface area (Å²) in [5.41, 5.74) is 4.99. The van der Waals surface area contributed by atoms with Crippen molar-refractivity contribution in [1.29, 1.82) is 5.26 Å². The van der Waals surface area contributed by atoms with Gasteiger partial charge in [-0.3, -0.25) is 14.7 Å². The first-order valence-corrected chi connectivity index (χ1v) is 9.84. The highest BCUT2D eigenvalue weighted by molar-refractivity contribution is 5.61. The van der Waals surface area contributed by atoms with Crippen LogP contribution < -0.4 is 5.56 Å². The van der Waals surface area contributed by atoms with Gasteiger partial charge < -0.3 is 4.98 Å². The van der Waals surface area contributed by atoms with Crippen LogP contribution in [0, 0.1) is 11.3 Å². The molecule has 0 radical (unpaired) electrons. The lowest BCUT2D eigenvalue weighted by Gasteiger charge is -2.27. The molecule has 0 fully saturated rings. The number of rotatable bonds is 4. The van der Waals surface area contributed by atoms with Crippen molar-refractivity contribution in [3.63, 3.8) is 0 Å². The number of nitriles is 1. The molecule has 146 valence electrons. The Labute approximate surface area is 169 Å². The predicted octanol–water partition coefficient (Wildman–Crippen LogP) is 3.39. The zero-order chi connectivity index (χ0) is 20.4. The van der Waals surface area contributed by atoms with Gasteiger partial charge >= 0.3 is 0 Å². The molecule has 0 unspecified atom stereocenters. The van der Waals surface area contributed by atoms with Gasteiger partial charge in [0.05, 0.1) is 34.3 Å². The van der Waals surface area contributed by atoms with Gasteiger partial charge in [-0.2, -0.15) is 5.26 Å². The van der Waals surface area contributed by atoms with Crippen molar-refractivity contribution in [3.8, 4) is 17.3 Å². The van der Waals surface area contributed by atoms with Crippen molar-refractivity contribution in [3.05, 3.63) is 81.2 Å². The Balaban J connectivity index is 1.54. The molecule has 0 aliphatic carbocycles. The molecule has 3 heterocycles. The van der Waals surface area contributed by atoms with E-state index in [1.807, 2.05) is 50.2 Å². The first-order valence-electron chi connectivity index (χ1n) is 9.84. The van der Waals surface area contributed by atoms with E-state index in [1.165, 1.54) is 0 Å². The lowest BCUT2D eigenvalue weighted by molar-refractivity contribution is 0.238. The number of hydrogen-bond acceptors (Lipinski definition) is 5. The van der Waals surface area contributed by atoms with E-state index in [4.69, 9.17) is 10.2 Å². The van der Waals surface area contributed by atoms with Crippen LogP contribution in [-0.2, 0) is 19.5 Å². The second kappa shape index (κ2) is 7.98. The van der Waals surface area contributed by atoms with E-state index in [9.17, 15) is 4.79 Å². The summed E-state index contributed by atoms with van der Waals surface area (Å²) in [5.74, 6) is 0.966. The molecule has 0 saturated carbocycles. The van der Waals surface area contributed by atoms with Crippen LogP contribution in [-0.4, -0.2) is 26.4 Å². The summed E-state index contributed by atoms with van der Waals surface area (Å²) in [5, 5.41) is 9.12. The predicted molar refractivity (Wildman–Crippen MR) is 111 cm³/mol. The van der Waals surface area contributed by atoms with Crippen molar-refractivity contribution in [2.24, 2.45) is 0 Å². The number of H-pyrrole nitrogens is 1. The first kappa shape index (κ1) is 19.0. The molecule has 1 aliphatic rings. The van der Waals surface area contributed by atoms with Crippen LogP contribution in [0.5, 0.6) is 0 Å². The largest absolute Gasteiger partial charge is 0.310 e. The zero-order valence-electron chi connectivity index (χ0n) is 16.6. The van der Waals surface area contributed by atoms with E-state index in [0.717, 1.165) is 47.0 Å².